The first-order valence-electron chi connectivity index (χ1n) is 8.21. The average molecular weight is 331 g/mol. The van der Waals surface area contributed by atoms with Gasteiger partial charge in [0.15, 0.2) is 0 Å². The van der Waals surface area contributed by atoms with Gasteiger partial charge < -0.3 is 10.3 Å². The number of anilines is 1. The van der Waals surface area contributed by atoms with E-state index in [1.54, 1.807) is 24.5 Å². The molecule has 0 bridgehead atoms. The highest BCUT2D eigenvalue weighted by Crippen LogP contribution is 2.34. The first-order valence-corrected chi connectivity index (χ1v) is 8.21. The first kappa shape index (κ1) is 15.4. The first-order chi connectivity index (χ1) is 12.2. The van der Waals surface area contributed by atoms with Crippen molar-refractivity contribution in [2.24, 2.45) is 0 Å². The molecule has 4 heteroatoms. The summed E-state index contributed by atoms with van der Waals surface area (Å²) in [6, 6.07) is 18.7. The van der Waals surface area contributed by atoms with Crippen molar-refractivity contribution in [1.29, 1.82) is 0 Å². The Morgan fingerprint density at radius 1 is 0.960 bits per heavy atom. The second-order valence-electron chi connectivity index (χ2n) is 6.07. The van der Waals surface area contributed by atoms with E-state index in [1.165, 1.54) is 23.1 Å². The number of benzene rings is 2. The van der Waals surface area contributed by atoms with Crippen LogP contribution in [0.25, 0.3) is 10.9 Å². The van der Waals surface area contributed by atoms with Crippen molar-refractivity contribution in [2.75, 3.05) is 5.32 Å². The third-order valence-corrected chi connectivity index (χ3v) is 4.43. The molecule has 3 nitrogen and oxygen atoms in total. The standard InChI is InChI=1S/C21H18FN3/c1-14-20(18-4-2-3-5-19(18)24-14)21(15-10-12-23-13-11-15)25-17-8-6-16(22)7-9-17/h2-13,21,24-25H,1H3/t21-/m1/s1. The zero-order chi connectivity index (χ0) is 17.2. The molecular formula is C21H18FN3. The SMILES string of the molecule is Cc1[nH]c2ccccc2c1[C@H](Nc1ccc(F)cc1)c1ccncc1. The van der Waals surface area contributed by atoms with E-state index in [4.69, 9.17) is 0 Å². The van der Waals surface area contributed by atoms with Crippen molar-refractivity contribution in [2.45, 2.75) is 13.0 Å². The van der Waals surface area contributed by atoms with Crippen molar-refractivity contribution >= 4 is 16.6 Å². The fraction of sp³-hybridized carbons (Fsp3) is 0.0952. The van der Waals surface area contributed by atoms with Crippen LogP contribution in [0.2, 0.25) is 0 Å². The molecule has 0 saturated carbocycles. The quantitative estimate of drug-likeness (QED) is 0.539. The van der Waals surface area contributed by atoms with Gasteiger partial charge in [0.05, 0.1) is 6.04 Å². The number of fused-ring (bicyclic) bond motifs is 1. The molecule has 0 aliphatic carbocycles. The molecule has 0 radical (unpaired) electrons. The van der Waals surface area contributed by atoms with Crippen LogP contribution < -0.4 is 5.32 Å². The summed E-state index contributed by atoms with van der Waals surface area (Å²) < 4.78 is 13.3. The molecule has 0 aliphatic rings. The molecule has 124 valence electrons. The van der Waals surface area contributed by atoms with E-state index in [2.05, 4.69) is 34.3 Å². The smallest absolute Gasteiger partial charge is 0.123 e. The zero-order valence-corrected chi connectivity index (χ0v) is 13.8. The average Bonchev–Trinajstić information content (AvgIpc) is 2.98. The van der Waals surface area contributed by atoms with Crippen molar-refractivity contribution in [3.05, 3.63) is 95.7 Å². The number of aryl methyl sites for hydroxylation is 1. The Morgan fingerprint density at radius 3 is 2.44 bits per heavy atom. The summed E-state index contributed by atoms with van der Waals surface area (Å²) in [4.78, 5) is 7.58. The highest BCUT2D eigenvalue weighted by molar-refractivity contribution is 5.86. The summed E-state index contributed by atoms with van der Waals surface area (Å²) in [5, 5.41) is 4.72. The minimum absolute atomic E-state index is 0.0652. The molecule has 0 spiro atoms. The molecule has 2 N–H and O–H groups in total. The second kappa shape index (κ2) is 6.40. The lowest BCUT2D eigenvalue weighted by atomic mass is 9.96. The van der Waals surface area contributed by atoms with Crippen LogP contribution in [0.15, 0.2) is 73.1 Å². The Kier molecular flexibility index (Phi) is 3.94. The van der Waals surface area contributed by atoms with Gasteiger partial charge in [-0.05, 0) is 55.0 Å². The maximum Gasteiger partial charge on any atom is 0.123 e. The van der Waals surface area contributed by atoms with E-state index in [1.807, 2.05) is 24.3 Å². The summed E-state index contributed by atoms with van der Waals surface area (Å²) in [5.41, 5.74) is 5.37. The molecule has 2 aromatic heterocycles. The highest BCUT2D eigenvalue weighted by atomic mass is 19.1. The molecule has 0 aliphatic heterocycles. The summed E-state index contributed by atoms with van der Waals surface area (Å²) in [6.07, 6.45) is 3.58. The second-order valence-corrected chi connectivity index (χ2v) is 6.07. The Bertz CT molecular complexity index is 991. The largest absolute Gasteiger partial charge is 0.374 e. The fourth-order valence-electron chi connectivity index (χ4n) is 3.26. The van der Waals surface area contributed by atoms with Gasteiger partial charge in [-0.2, -0.15) is 0 Å². The number of hydrogen-bond acceptors (Lipinski definition) is 2. The minimum atomic E-state index is -0.241. The number of pyridine rings is 1. The Labute approximate surface area is 145 Å². The van der Waals surface area contributed by atoms with Crippen molar-refractivity contribution in [3.8, 4) is 0 Å². The Hall–Kier alpha value is -3.14. The van der Waals surface area contributed by atoms with Gasteiger partial charge in [-0.15, -0.1) is 0 Å². The predicted octanol–water partition coefficient (Wildman–Crippen LogP) is 5.21. The zero-order valence-electron chi connectivity index (χ0n) is 13.8. The van der Waals surface area contributed by atoms with E-state index in [0.29, 0.717) is 0 Å². The van der Waals surface area contributed by atoms with E-state index < -0.39 is 0 Å². The predicted molar refractivity (Wildman–Crippen MR) is 99.1 cm³/mol. The van der Waals surface area contributed by atoms with Crippen LogP contribution in [-0.4, -0.2) is 9.97 Å². The third-order valence-electron chi connectivity index (χ3n) is 4.43. The monoisotopic (exact) mass is 331 g/mol. The number of nitrogens with zero attached hydrogens (tertiary/aromatic N) is 1. The molecule has 0 saturated heterocycles. The van der Waals surface area contributed by atoms with Crippen molar-refractivity contribution in [1.82, 2.24) is 9.97 Å². The lowest BCUT2D eigenvalue weighted by Crippen LogP contribution is -2.13. The fourth-order valence-corrected chi connectivity index (χ4v) is 3.26. The highest BCUT2D eigenvalue weighted by Gasteiger charge is 2.20. The Morgan fingerprint density at radius 2 is 1.68 bits per heavy atom. The van der Waals surface area contributed by atoms with Crippen LogP contribution in [0.3, 0.4) is 0 Å². The number of hydrogen-bond donors (Lipinski definition) is 2. The summed E-state index contributed by atoms with van der Waals surface area (Å²) >= 11 is 0. The van der Waals surface area contributed by atoms with Crippen molar-refractivity contribution < 1.29 is 4.39 Å². The van der Waals surface area contributed by atoms with Gasteiger partial charge in [0.1, 0.15) is 5.82 Å². The van der Waals surface area contributed by atoms with Crippen molar-refractivity contribution in [3.63, 3.8) is 0 Å². The van der Waals surface area contributed by atoms with Gasteiger partial charge in [-0.25, -0.2) is 4.39 Å². The van der Waals surface area contributed by atoms with Gasteiger partial charge in [0.2, 0.25) is 0 Å². The topological polar surface area (TPSA) is 40.7 Å². The van der Waals surface area contributed by atoms with Gasteiger partial charge in [0, 0.05) is 40.2 Å². The summed E-state index contributed by atoms with van der Waals surface area (Å²) in [6.45, 7) is 2.08. The van der Waals surface area contributed by atoms with E-state index in [0.717, 1.165) is 22.5 Å². The number of nitrogens with one attached hydrogen (secondary N) is 2. The lowest BCUT2D eigenvalue weighted by Gasteiger charge is -2.21. The van der Waals surface area contributed by atoms with Crippen LogP contribution in [-0.2, 0) is 0 Å². The molecule has 4 rings (SSSR count). The van der Waals surface area contributed by atoms with Gasteiger partial charge in [0.25, 0.3) is 0 Å². The van der Waals surface area contributed by atoms with E-state index in [-0.39, 0.29) is 11.9 Å². The molecule has 0 amide bonds. The van der Waals surface area contributed by atoms with Crippen LogP contribution >= 0.6 is 0 Å². The third kappa shape index (κ3) is 2.98. The van der Waals surface area contributed by atoms with Crippen LogP contribution in [0, 0.1) is 12.7 Å². The maximum absolute atomic E-state index is 13.3. The summed E-state index contributed by atoms with van der Waals surface area (Å²) in [7, 11) is 0. The number of aromatic amines is 1. The van der Waals surface area contributed by atoms with Gasteiger partial charge in [-0.3, -0.25) is 4.98 Å². The van der Waals surface area contributed by atoms with E-state index in [9.17, 15) is 4.39 Å². The summed E-state index contributed by atoms with van der Waals surface area (Å²) in [5.74, 6) is -0.241. The minimum Gasteiger partial charge on any atom is -0.374 e. The number of aromatic nitrogens is 2. The maximum atomic E-state index is 13.3. The van der Waals surface area contributed by atoms with Gasteiger partial charge in [-0.1, -0.05) is 18.2 Å². The molecule has 4 aromatic rings. The van der Waals surface area contributed by atoms with Crippen LogP contribution in [0.4, 0.5) is 10.1 Å². The Balaban J connectivity index is 1.85. The van der Waals surface area contributed by atoms with E-state index >= 15 is 0 Å². The van der Waals surface area contributed by atoms with Crippen LogP contribution in [0.5, 0.6) is 0 Å². The molecular weight excluding hydrogens is 313 g/mol. The number of rotatable bonds is 4. The van der Waals surface area contributed by atoms with Gasteiger partial charge >= 0.3 is 0 Å². The molecule has 2 heterocycles. The number of halogens is 1. The van der Waals surface area contributed by atoms with Crippen LogP contribution in [0.1, 0.15) is 22.9 Å². The molecule has 1 atom stereocenters. The number of para-hydroxylation sites is 1. The molecule has 0 unspecified atom stereocenters. The molecule has 0 fully saturated rings. The molecule has 25 heavy (non-hydrogen) atoms. The normalized spacial score (nSPS) is 12.2. The number of H-pyrrole nitrogens is 1. The lowest BCUT2D eigenvalue weighted by molar-refractivity contribution is 0.628. The molecule has 2 aromatic carbocycles.